The quantitative estimate of drug-likeness (QED) is 0.351. The number of anilines is 1. The van der Waals surface area contributed by atoms with Gasteiger partial charge < -0.3 is 10.5 Å². The number of benzene rings is 1. The number of methoxy groups -OCH3 is 1. The van der Waals surface area contributed by atoms with Gasteiger partial charge in [0.2, 0.25) is 0 Å². The maximum absolute atomic E-state index is 10.7. The number of ether oxygens (including phenoxy) is 1. The highest BCUT2D eigenvalue weighted by atomic mass is 32.2. The van der Waals surface area contributed by atoms with Crippen LogP contribution in [-0.4, -0.2) is 24.4 Å². The van der Waals surface area contributed by atoms with E-state index in [1.807, 2.05) is 6.07 Å². The first kappa shape index (κ1) is 13.8. The van der Waals surface area contributed by atoms with Crippen LogP contribution in [0.15, 0.2) is 18.2 Å². The number of nitrogens with two attached hydrogens (primary N) is 1. The maximum Gasteiger partial charge on any atom is 0.292 e. The zero-order valence-electron chi connectivity index (χ0n) is 9.72. The highest BCUT2D eigenvalue weighted by Crippen LogP contribution is 2.24. The minimum absolute atomic E-state index is 0.0139. The van der Waals surface area contributed by atoms with E-state index in [0.29, 0.717) is 0 Å². The van der Waals surface area contributed by atoms with Gasteiger partial charge >= 0.3 is 0 Å². The molecule has 1 aromatic rings. The van der Waals surface area contributed by atoms with E-state index in [-0.39, 0.29) is 11.4 Å². The van der Waals surface area contributed by atoms with Crippen LogP contribution in [-0.2, 0) is 10.5 Å². The van der Waals surface area contributed by atoms with E-state index in [2.05, 4.69) is 0 Å². The standard InChI is InChI=1S/C11H16N2O3S/c1-16-5-2-6-17-8-9-3-4-10(12)11(7-9)13(14)15/h3-4,7H,2,5-6,8,12H2,1H3. The molecular formula is C11H16N2O3S. The molecule has 0 atom stereocenters. The molecule has 0 saturated carbocycles. The number of hydrogen-bond acceptors (Lipinski definition) is 5. The van der Waals surface area contributed by atoms with Crippen molar-refractivity contribution in [1.29, 1.82) is 0 Å². The molecule has 1 rings (SSSR count). The van der Waals surface area contributed by atoms with Gasteiger partial charge in [0.25, 0.3) is 5.69 Å². The third-order valence-electron chi connectivity index (χ3n) is 2.20. The summed E-state index contributed by atoms with van der Waals surface area (Å²) in [7, 11) is 1.67. The minimum atomic E-state index is -0.450. The molecule has 0 saturated heterocycles. The maximum atomic E-state index is 10.7. The topological polar surface area (TPSA) is 78.4 Å². The number of hydrogen-bond donors (Lipinski definition) is 1. The number of nitro groups is 1. The summed E-state index contributed by atoms with van der Waals surface area (Å²) in [4.78, 5) is 10.2. The second-order valence-corrected chi connectivity index (χ2v) is 4.65. The molecule has 0 aliphatic heterocycles. The van der Waals surface area contributed by atoms with E-state index in [4.69, 9.17) is 10.5 Å². The van der Waals surface area contributed by atoms with Crippen LogP contribution in [0.4, 0.5) is 11.4 Å². The third-order valence-corrected chi connectivity index (χ3v) is 3.31. The Balaban J connectivity index is 2.49. The van der Waals surface area contributed by atoms with Gasteiger partial charge in [-0.15, -0.1) is 0 Å². The number of nitrogens with zero attached hydrogens (tertiary/aromatic N) is 1. The van der Waals surface area contributed by atoms with Crippen molar-refractivity contribution in [3.05, 3.63) is 33.9 Å². The van der Waals surface area contributed by atoms with Crippen molar-refractivity contribution in [2.75, 3.05) is 25.2 Å². The molecule has 0 amide bonds. The molecule has 0 unspecified atom stereocenters. The first-order valence-corrected chi connectivity index (χ1v) is 6.40. The largest absolute Gasteiger partial charge is 0.393 e. The molecule has 6 heteroatoms. The molecule has 0 heterocycles. The molecule has 0 aliphatic carbocycles. The molecule has 1 aromatic carbocycles. The van der Waals surface area contributed by atoms with E-state index < -0.39 is 4.92 Å². The Hall–Kier alpha value is -1.27. The molecule has 2 N–H and O–H groups in total. The van der Waals surface area contributed by atoms with Crippen LogP contribution in [0.5, 0.6) is 0 Å². The van der Waals surface area contributed by atoms with Gasteiger partial charge in [0.1, 0.15) is 5.69 Å². The molecule has 94 valence electrons. The lowest BCUT2D eigenvalue weighted by atomic mass is 10.2. The minimum Gasteiger partial charge on any atom is -0.393 e. The van der Waals surface area contributed by atoms with Crippen LogP contribution in [0.3, 0.4) is 0 Å². The molecular weight excluding hydrogens is 240 g/mol. The second kappa shape index (κ2) is 7.13. The average Bonchev–Trinajstić information content (AvgIpc) is 2.30. The number of thioether (sulfide) groups is 1. The Kier molecular flexibility index (Phi) is 5.79. The van der Waals surface area contributed by atoms with E-state index in [0.717, 1.165) is 30.1 Å². The highest BCUT2D eigenvalue weighted by Gasteiger charge is 2.11. The fourth-order valence-electron chi connectivity index (χ4n) is 1.33. The van der Waals surface area contributed by atoms with Crippen LogP contribution >= 0.6 is 11.8 Å². The smallest absolute Gasteiger partial charge is 0.292 e. The van der Waals surface area contributed by atoms with Gasteiger partial charge in [-0.1, -0.05) is 6.07 Å². The molecule has 0 aromatic heterocycles. The zero-order valence-corrected chi connectivity index (χ0v) is 10.5. The molecule has 0 spiro atoms. The summed E-state index contributed by atoms with van der Waals surface area (Å²) in [6, 6.07) is 4.95. The average molecular weight is 256 g/mol. The highest BCUT2D eigenvalue weighted by molar-refractivity contribution is 7.98. The van der Waals surface area contributed by atoms with Crippen LogP contribution in [0.1, 0.15) is 12.0 Å². The van der Waals surface area contributed by atoms with Gasteiger partial charge in [-0.2, -0.15) is 11.8 Å². The fourth-order valence-corrected chi connectivity index (χ4v) is 2.21. The summed E-state index contributed by atoms with van der Waals surface area (Å²) in [6.07, 6.45) is 0.984. The van der Waals surface area contributed by atoms with Gasteiger partial charge in [0.15, 0.2) is 0 Å². The fraction of sp³-hybridized carbons (Fsp3) is 0.455. The number of nitro benzene ring substituents is 1. The third kappa shape index (κ3) is 4.62. The Morgan fingerprint density at radius 3 is 2.94 bits per heavy atom. The van der Waals surface area contributed by atoms with Gasteiger partial charge in [0.05, 0.1) is 4.92 Å². The first-order chi connectivity index (χ1) is 8.15. The Morgan fingerprint density at radius 2 is 2.29 bits per heavy atom. The second-order valence-electron chi connectivity index (χ2n) is 3.55. The summed E-state index contributed by atoms with van der Waals surface area (Å²) in [5.74, 6) is 1.73. The summed E-state index contributed by atoms with van der Waals surface area (Å²) in [6.45, 7) is 0.745. The number of nitrogen functional groups attached to an aromatic ring is 1. The van der Waals surface area contributed by atoms with Crippen LogP contribution in [0.2, 0.25) is 0 Å². The van der Waals surface area contributed by atoms with E-state index >= 15 is 0 Å². The SMILES string of the molecule is COCCCSCc1ccc(N)c([N+](=O)[O-])c1. The van der Waals surface area contributed by atoms with E-state index in [1.165, 1.54) is 0 Å². The summed E-state index contributed by atoms with van der Waals surface area (Å²) < 4.78 is 4.94. The predicted octanol–water partition coefficient (Wildman–Crippen LogP) is 2.45. The molecule has 0 fully saturated rings. The van der Waals surface area contributed by atoms with Gasteiger partial charge in [-0.25, -0.2) is 0 Å². The molecule has 0 radical (unpaired) electrons. The van der Waals surface area contributed by atoms with Crippen molar-refractivity contribution in [1.82, 2.24) is 0 Å². The van der Waals surface area contributed by atoms with Gasteiger partial charge in [-0.05, 0) is 23.8 Å². The van der Waals surface area contributed by atoms with Crippen molar-refractivity contribution < 1.29 is 9.66 Å². The summed E-state index contributed by atoms with van der Waals surface area (Å²) in [5, 5.41) is 10.7. The monoisotopic (exact) mass is 256 g/mol. The van der Waals surface area contributed by atoms with Crippen molar-refractivity contribution in [3.8, 4) is 0 Å². The Morgan fingerprint density at radius 1 is 1.53 bits per heavy atom. The van der Waals surface area contributed by atoms with Crippen LogP contribution in [0.25, 0.3) is 0 Å². The number of rotatable bonds is 7. The molecule has 0 aliphatic rings. The van der Waals surface area contributed by atoms with Crippen LogP contribution in [0, 0.1) is 10.1 Å². The molecule has 5 nitrogen and oxygen atoms in total. The Labute approximate surface area is 104 Å². The molecule has 0 bridgehead atoms. The van der Waals surface area contributed by atoms with E-state index in [1.54, 1.807) is 31.0 Å². The van der Waals surface area contributed by atoms with Crippen molar-refractivity contribution in [2.45, 2.75) is 12.2 Å². The van der Waals surface area contributed by atoms with Crippen molar-refractivity contribution in [3.63, 3.8) is 0 Å². The Bertz CT molecular complexity index is 385. The van der Waals surface area contributed by atoms with Crippen molar-refractivity contribution in [2.24, 2.45) is 0 Å². The molecule has 17 heavy (non-hydrogen) atoms. The summed E-state index contributed by atoms with van der Waals surface area (Å²) in [5.41, 5.74) is 6.64. The van der Waals surface area contributed by atoms with Crippen molar-refractivity contribution >= 4 is 23.1 Å². The van der Waals surface area contributed by atoms with Gasteiger partial charge in [0, 0.05) is 25.5 Å². The first-order valence-electron chi connectivity index (χ1n) is 5.24. The normalized spacial score (nSPS) is 10.4. The lowest BCUT2D eigenvalue weighted by Gasteiger charge is -2.03. The summed E-state index contributed by atoms with van der Waals surface area (Å²) >= 11 is 1.73. The predicted molar refractivity (Wildman–Crippen MR) is 70.2 cm³/mol. The van der Waals surface area contributed by atoms with Crippen LogP contribution < -0.4 is 5.73 Å². The lowest BCUT2D eigenvalue weighted by molar-refractivity contribution is -0.383. The lowest BCUT2D eigenvalue weighted by Crippen LogP contribution is -1.97. The van der Waals surface area contributed by atoms with Gasteiger partial charge in [-0.3, -0.25) is 10.1 Å². The zero-order chi connectivity index (χ0) is 12.7. The van der Waals surface area contributed by atoms with E-state index in [9.17, 15) is 10.1 Å².